The van der Waals surface area contributed by atoms with Crippen LogP contribution in [0.1, 0.15) is 39.5 Å². The Bertz CT molecular complexity index is 280. The second kappa shape index (κ2) is 5.53. The van der Waals surface area contributed by atoms with Crippen molar-refractivity contribution in [2.75, 3.05) is 0 Å². The third-order valence-electron chi connectivity index (χ3n) is 2.17. The van der Waals surface area contributed by atoms with Crippen molar-refractivity contribution in [3.8, 4) is 0 Å². The van der Waals surface area contributed by atoms with Crippen LogP contribution in [0.15, 0.2) is 11.8 Å². The SMILES string of the molecule is CC(=O)OC1=CC[C@H](OC(C)=O)CCC1. The van der Waals surface area contributed by atoms with E-state index in [1.165, 1.54) is 13.8 Å². The number of carbonyl (C=O) groups is 2. The summed E-state index contributed by atoms with van der Waals surface area (Å²) in [6.07, 6.45) is 4.81. The number of hydrogen-bond acceptors (Lipinski definition) is 4. The molecule has 0 radical (unpaired) electrons. The molecule has 0 aromatic heterocycles. The van der Waals surface area contributed by atoms with Gasteiger partial charge in [-0.2, -0.15) is 0 Å². The van der Waals surface area contributed by atoms with Crippen molar-refractivity contribution in [2.45, 2.75) is 45.6 Å². The first-order chi connectivity index (χ1) is 7.08. The maximum absolute atomic E-state index is 10.8. The van der Waals surface area contributed by atoms with Gasteiger partial charge in [0.25, 0.3) is 0 Å². The van der Waals surface area contributed by atoms with Crippen LogP contribution in [0.25, 0.3) is 0 Å². The molecule has 0 N–H and O–H groups in total. The molecule has 0 aliphatic heterocycles. The fourth-order valence-electron chi connectivity index (χ4n) is 1.61. The fourth-order valence-corrected chi connectivity index (χ4v) is 1.61. The molecule has 4 nitrogen and oxygen atoms in total. The Morgan fingerprint density at radius 3 is 2.67 bits per heavy atom. The quantitative estimate of drug-likeness (QED) is 0.656. The van der Waals surface area contributed by atoms with E-state index in [1.54, 1.807) is 0 Å². The van der Waals surface area contributed by atoms with E-state index in [0.29, 0.717) is 12.2 Å². The average Bonchev–Trinajstić information content (AvgIpc) is 2.29. The summed E-state index contributed by atoms with van der Waals surface area (Å²) in [6, 6.07) is 0. The van der Waals surface area contributed by atoms with Crippen molar-refractivity contribution in [1.29, 1.82) is 0 Å². The molecule has 0 spiro atoms. The molecule has 0 aromatic rings. The molecule has 0 heterocycles. The first-order valence-electron chi connectivity index (χ1n) is 5.12. The number of rotatable bonds is 2. The lowest BCUT2D eigenvalue weighted by Crippen LogP contribution is -2.14. The summed E-state index contributed by atoms with van der Waals surface area (Å²) in [5, 5.41) is 0. The predicted molar refractivity (Wildman–Crippen MR) is 53.9 cm³/mol. The monoisotopic (exact) mass is 212 g/mol. The molecule has 15 heavy (non-hydrogen) atoms. The minimum atomic E-state index is -0.299. The van der Waals surface area contributed by atoms with E-state index in [2.05, 4.69) is 0 Å². The Morgan fingerprint density at radius 1 is 1.33 bits per heavy atom. The molecule has 1 atom stereocenters. The van der Waals surface area contributed by atoms with Gasteiger partial charge < -0.3 is 9.47 Å². The summed E-state index contributed by atoms with van der Waals surface area (Å²) in [5.74, 6) is 0.133. The average molecular weight is 212 g/mol. The highest BCUT2D eigenvalue weighted by molar-refractivity contribution is 5.67. The molecule has 0 unspecified atom stereocenters. The molecule has 0 amide bonds. The summed E-state index contributed by atoms with van der Waals surface area (Å²) in [7, 11) is 0. The first-order valence-corrected chi connectivity index (χ1v) is 5.12. The van der Waals surface area contributed by atoms with E-state index >= 15 is 0 Å². The molecule has 1 aliphatic carbocycles. The smallest absolute Gasteiger partial charge is 0.307 e. The Labute approximate surface area is 89.2 Å². The maximum Gasteiger partial charge on any atom is 0.307 e. The molecule has 1 aliphatic rings. The van der Waals surface area contributed by atoms with Gasteiger partial charge in [0.05, 0.1) is 0 Å². The lowest BCUT2D eigenvalue weighted by molar-refractivity contribution is -0.146. The van der Waals surface area contributed by atoms with Gasteiger partial charge in [0.2, 0.25) is 0 Å². The van der Waals surface area contributed by atoms with Gasteiger partial charge in [-0.15, -0.1) is 0 Å². The normalized spacial score (nSPS) is 21.2. The van der Waals surface area contributed by atoms with Crippen molar-refractivity contribution >= 4 is 11.9 Å². The molecule has 4 heteroatoms. The van der Waals surface area contributed by atoms with Crippen LogP contribution in [0.4, 0.5) is 0 Å². The highest BCUT2D eigenvalue weighted by Crippen LogP contribution is 2.20. The molecular weight excluding hydrogens is 196 g/mol. The molecule has 0 aromatic carbocycles. The molecule has 0 saturated heterocycles. The number of ether oxygens (including phenoxy) is 2. The Morgan fingerprint density at radius 2 is 2.07 bits per heavy atom. The van der Waals surface area contributed by atoms with E-state index in [1.807, 2.05) is 6.08 Å². The molecule has 1 rings (SSSR count). The first kappa shape index (κ1) is 11.8. The van der Waals surface area contributed by atoms with Crippen molar-refractivity contribution in [3.63, 3.8) is 0 Å². The van der Waals surface area contributed by atoms with Crippen LogP contribution < -0.4 is 0 Å². The van der Waals surface area contributed by atoms with E-state index in [4.69, 9.17) is 9.47 Å². The molecule has 0 fully saturated rings. The second-order valence-corrected chi connectivity index (χ2v) is 3.62. The minimum Gasteiger partial charge on any atom is -0.462 e. The predicted octanol–water partition coefficient (Wildman–Crippen LogP) is 1.94. The zero-order valence-electron chi connectivity index (χ0n) is 9.12. The standard InChI is InChI=1S/C11H16O4/c1-8(12)14-10-4-3-5-11(7-6-10)15-9(2)13/h6,11H,3-5,7H2,1-2H3/t11-/m1/s1. The van der Waals surface area contributed by atoms with Gasteiger partial charge in [0, 0.05) is 26.7 Å². The van der Waals surface area contributed by atoms with E-state index in [-0.39, 0.29) is 18.0 Å². The highest BCUT2D eigenvalue weighted by Gasteiger charge is 2.16. The van der Waals surface area contributed by atoms with Crippen molar-refractivity contribution in [2.24, 2.45) is 0 Å². The number of carbonyl (C=O) groups excluding carboxylic acids is 2. The Kier molecular flexibility index (Phi) is 4.34. The lowest BCUT2D eigenvalue weighted by atomic mass is 10.1. The highest BCUT2D eigenvalue weighted by atomic mass is 16.5. The van der Waals surface area contributed by atoms with Crippen LogP contribution >= 0.6 is 0 Å². The number of allylic oxidation sites excluding steroid dienone is 1. The van der Waals surface area contributed by atoms with Gasteiger partial charge in [-0.1, -0.05) is 0 Å². The van der Waals surface area contributed by atoms with Crippen LogP contribution in [-0.2, 0) is 19.1 Å². The van der Waals surface area contributed by atoms with Crippen LogP contribution in [0.3, 0.4) is 0 Å². The van der Waals surface area contributed by atoms with Crippen LogP contribution in [0.2, 0.25) is 0 Å². The molecule has 0 saturated carbocycles. The van der Waals surface area contributed by atoms with Gasteiger partial charge >= 0.3 is 11.9 Å². The summed E-state index contributed by atoms with van der Waals surface area (Å²) < 4.78 is 10.1. The van der Waals surface area contributed by atoms with Gasteiger partial charge in [0.15, 0.2) is 0 Å². The fraction of sp³-hybridized carbons (Fsp3) is 0.636. The zero-order valence-corrected chi connectivity index (χ0v) is 9.12. The lowest BCUT2D eigenvalue weighted by Gasteiger charge is -2.12. The molecular formula is C11H16O4. The third kappa shape index (κ3) is 4.63. The van der Waals surface area contributed by atoms with Crippen LogP contribution in [0, 0.1) is 0 Å². The van der Waals surface area contributed by atoms with Gasteiger partial charge in [-0.25, -0.2) is 0 Å². The van der Waals surface area contributed by atoms with E-state index in [0.717, 1.165) is 19.3 Å². The van der Waals surface area contributed by atoms with Gasteiger partial charge in [-0.3, -0.25) is 9.59 Å². The largest absolute Gasteiger partial charge is 0.462 e. The van der Waals surface area contributed by atoms with Crippen molar-refractivity contribution in [1.82, 2.24) is 0 Å². The number of hydrogen-bond donors (Lipinski definition) is 0. The topological polar surface area (TPSA) is 52.6 Å². The van der Waals surface area contributed by atoms with Crippen molar-refractivity contribution < 1.29 is 19.1 Å². The Hall–Kier alpha value is -1.32. The summed E-state index contributed by atoms with van der Waals surface area (Å²) in [4.78, 5) is 21.5. The summed E-state index contributed by atoms with van der Waals surface area (Å²) >= 11 is 0. The molecule has 0 bridgehead atoms. The second-order valence-electron chi connectivity index (χ2n) is 3.62. The third-order valence-corrected chi connectivity index (χ3v) is 2.17. The van der Waals surface area contributed by atoms with E-state index in [9.17, 15) is 9.59 Å². The van der Waals surface area contributed by atoms with E-state index < -0.39 is 0 Å². The van der Waals surface area contributed by atoms with Crippen LogP contribution in [-0.4, -0.2) is 18.0 Å². The zero-order chi connectivity index (χ0) is 11.3. The van der Waals surface area contributed by atoms with Gasteiger partial charge in [0.1, 0.15) is 11.9 Å². The van der Waals surface area contributed by atoms with Crippen molar-refractivity contribution in [3.05, 3.63) is 11.8 Å². The van der Waals surface area contributed by atoms with Crippen LogP contribution in [0.5, 0.6) is 0 Å². The summed E-state index contributed by atoms with van der Waals surface area (Å²) in [5.41, 5.74) is 0. The maximum atomic E-state index is 10.8. The minimum absolute atomic E-state index is 0.0736. The van der Waals surface area contributed by atoms with Gasteiger partial charge in [-0.05, 0) is 18.9 Å². The number of esters is 2. The Balaban J connectivity index is 2.48. The molecule has 84 valence electrons. The summed E-state index contributed by atoms with van der Waals surface area (Å²) in [6.45, 7) is 2.79.